The molecular formula is C13H20N2O3. The Hall–Kier alpha value is -0.940. The topological polar surface area (TPSA) is 58.6 Å². The molecular weight excluding hydrogens is 232 g/mol. The number of rotatable bonds is 4. The zero-order chi connectivity index (χ0) is 12.8. The van der Waals surface area contributed by atoms with Crippen LogP contribution in [0.2, 0.25) is 0 Å². The molecule has 5 nitrogen and oxygen atoms in total. The number of nitrogens with zero attached hydrogens (tertiary/aromatic N) is 1. The van der Waals surface area contributed by atoms with Gasteiger partial charge in [-0.1, -0.05) is 0 Å². The fourth-order valence-electron chi connectivity index (χ4n) is 2.84. The minimum absolute atomic E-state index is 0.0162. The van der Waals surface area contributed by atoms with Gasteiger partial charge in [0, 0.05) is 19.2 Å². The Balaban J connectivity index is 1.57. The molecule has 2 amide bonds. The Labute approximate surface area is 107 Å². The molecule has 3 fully saturated rings. The van der Waals surface area contributed by atoms with Gasteiger partial charge in [0.1, 0.15) is 0 Å². The molecule has 2 unspecified atom stereocenters. The molecule has 1 aliphatic carbocycles. The number of imide groups is 1. The monoisotopic (exact) mass is 252 g/mol. The van der Waals surface area contributed by atoms with E-state index in [2.05, 4.69) is 12.2 Å². The molecule has 1 N–H and O–H groups in total. The van der Waals surface area contributed by atoms with Crippen LogP contribution in [0.25, 0.3) is 0 Å². The summed E-state index contributed by atoms with van der Waals surface area (Å²) in [7, 11) is 0. The second kappa shape index (κ2) is 4.31. The third kappa shape index (κ3) is 2.17. The van der Waals surface area contributed by atoms with Gasteiger partial charge in [0.05, 0.1) is 18.1 Å². The summed E-state index contributed by atoms with van der Waals surface area (Å²) in [4.78, 5) is 25.4. The van der Waals surface area contributed by atoms with Crippen LogP contribution in [0.15, 0.2) is 0 Å². The van der Waals surface area contributed by atoms with Crippen molar-refractivity contribution in [1.29, 1.82) is 0 Å². The summed E-state index contributed by atoms with van der Waals surface area (Å²) in [6.07, 6.45) is 4.35. The van der Waals surface area contributed by atoms with Crippen molar-refractivity contribution in [2.24, 2.45) is 0 Å². The fourth-order valence-corrected chi connectivity index (χ4v) is 2.84. The number of amides is 2. The van der Waals surface area contributed by atoms with Crippen molar-refractivity contribution in [3.05, 3.63) is 0 Å². The second-order valence-corrected chi connectivity index (χ2v) is 5.87. The molecule has 3 aliphatic rings. The summed E-state index contributed by atoms with van der Waals surface area (Å²) in [5.74, 6) is -0.0541. The molecule has 0 aromatic rings. The number of likely N-dealkylation sites (tertiary alicyclic amines) is 1. The quantitative estimate of drug-likeness (QED) is 0.737. The first kappa shape index (κ1) is 12.1. The summed E-state index contributed by atoms with van der Waals surface area (Å²) < 4.78 is 5.68. The largest absolute Gasteiger partial charge is 0.374 e. The third-order valence-electron chi connectivity index (χ3n) is 4.12. The number of ether oxygens (including phenoxy) is 1. The highest BCUT2D eigenvalue weighted by molar-refractivity contribution is 6.06. The predicted octanol–water partition coefficient (Wildman–Crippen LogP) is 0.435. The van der Waals surface area contributed by atoms with Crippen LogP contribution in [0.5, 0.6) is 0 Å². The Bertz CT molecular complexity index is 372. The standard InChI is InChI=1S/C13H20N2O3/c1-13(5-2-6-18-13)8-14-10-7-11(16)15(12(10)17)9-3-4-9/h9-10,14H,2-8H2,1H3. The molecule has 1 saturated carbocycles. The summed E-state index contributed by atoms with van der Waals surface area (Å²) in [5, 5.41) is 3.22. The van der Waals surface area contributed by atoms with Crippen molar-refractivity contribution in [3.63, 3.8) is 0 Å². The summed E-state index contributed by atoms with van der Waals surface area (Å²) >= 11 is 0. The lowest BCUT2D eigenvalue weighted by atomic mass is 10.0. The summed E-state index contributed by atoms with van der Waals surface area (Å²) in [6, 6.07) is -0.144. The van der Waals surface area contributed by atoms with Gasteiger partial charge < -0.3 is 10.1 Å². The molecule has 100 valence electrons. The average Bonchev–Trinajstić information content (AvgIpc) is 3.00. The molecule has 18 heavy (non-hydrogen) atoms. The van der Waals surface area contributed by atoms with E-state index in [4.69, 9.17) is 4.74 Å². The van der Waals surface area contributed by atoms with Crippen LogP contribution >= 0.6 is 0 Å². The Kier molecular flexibility index (Phi) is 2.90. The van der Waals surface area contributed by atoms with Crippen LogP contribution in [0.4, 0.5) is 0 Å². The second-order valence-electron chi connectivity index (χ2n) is 5.87. The highest BCUT2D eigenvalue weighted by Gasteiger charge is 2.46. The van der Waals surface area contributed by atoms with Gasteiger partial charge in [0.2, 0.25) is 11.8 Å². The van der Waals surface area contributed by atoms with Crippen molar-refractivity contribution < 1.29 is 14.3 Å². The highest BCUT2D eigenvalue weighted by Crippen LogP contribution is 2.32. The lowest BCUT2D eigenvalue weighted by Gasteiger charge is -2.25. The number of hydrogen-bond acceptors (Lipinski definition) is 4. The average molecular weight is 252 g/mol. The zero-order valence-corrected chi connectivity index (χ0v) is 10.8. The van der Waals surface area contributed by atoms with Gasteiger partial charge in [-0.25, -0.2) is 0 Å². The maximum Gasteiger partial charge on any atom is 0.247 e. The molecule has 5 heteroatoms. The molecule has 0 radical (unpaired) electrons. The van der Waals surface area contributed by atoms with E-state index < -0.39 is 0 Å². The van der Waals surface area contributed by atoms with E-state index in [1.165, 1.54) is 4.90 Å². The lowest BCUT2D eigenvalue weighted by molar-refractivity contribution is -0.139. The summed E-state index contributed by atoms with van der Waals surface area (Å²) in [5.41, 5.74) is -0.170. The van der Waals surface area contributed by atoms with E-state index in [0.717, 1.165) is 32.3 Å². The predicted molar refractivity (Wildman–Crippen MR) is 64.9 cm³/mol. The van der Waals surface area contributed by atoms with Crippen LogP contribution in [-0.2, 0) is 14.3 Å². The van der Waals surface area contributed by atoms with Gasteiger partial charge in [-0.3, -0.25) is 14.5 Å². The van der Waals surface area contributed by atoms with Crippen LogP contribution in [0, 0.1) is 0 Å². The number of nitrogens with one attached hydrogen (secondary N) is 1. The van der Waals surface area contributed by atoms with Gasteiger partial charge in [0.15, 0.2) is 0 Å². The number of hydrogen-bond donors (Lipinski definition) is 1. The van der Waals surface area contributed by atoms with Crippen molar-refractivity contribution in [3.8, 4) is 0 Å². The highest BCUT2D eigenvalue weighted by atomic mass is 16.5. The zero-order valence-electron chi connectivity index (χ0n) is 10.8. The molecule has 2 aliphatic heterocycles. The number of carbonyl (C=O) groups excluding carboxylic acids is 2. The molecule has 2 atom stereocenters. The minimum Gasteiger partial charge on any atom is -0.374 e. The maximum absolute atomic E-state index is 12.1. The van der Waals surface area contributed by atoms with E-state index in [1.807, 2.05) is 0 Å². The lowest BCUT2D eigenvalue weighted by Crippen LogP contribution is -2.46. The molecule has 2 saturated heterocycles. The van der Waals surface area contributed by atoms with Gasteiger partial charge >= 0.3 is 0 Å². The van der Waals surface area contributed by atoms with E-state index >= 15 is 0 Å². The Morgan fingerprint density at radius 3 is 2.83 bits per heavy atom. The van der Waals surface area contributed by atoms with Crippen molar-refractivity contribution >= 4 is 11.8 Å². The SMILES string of the molecule is CC1(CNC2CC(=O)N(C3CC3)C2=O)CCCO1. The molecule has 0 aromatic carbocycles. The first-order valence-corrected chi connectivity index (χ1v) is 6.82. The first-order chi connectivity index (χ1) is 8.59. The smallest absolute Gasteiger partial charge is 0.247 e. The Morgan fingerprint density at radius 1 is 1.44 bits per heavy atom. The van der Waals surface area contributed by atoms with Crippen molar-refractivity contribution in [2.75, 3.05) is 13.2 Å². The van der Waals surface area contributed by atoms with Crippen molar-refractivity contribution in [2.45, 2.75) is 56.7 Å². The van der Waals surface area contributed by atoms with Gasteiger partial charge in [0.25, 0.3) is 0 Å². The molecule has 3 rings (SSSR count). The number of carbonyl (C=O) groups is 2. The van der Waals surface area contributed by atoms with E-state index in [-0.39, 0.29) is 29.5 Å². The minimum atomic E-state index is -0.334. The van der Waals surface area contributed by atoms with E-state index in [0.29, 0.717) is 13.0 Å². The van der Waals surface area contributed by atoms with Gasteiger partial charge in [-0.2, -0.15) is 0 Å². The Morgan fingerprint density at radius 2 is 2.22 bits per heavy atom. The van der Waals surface area contributed by atoms with Crippen LogP contribution < -0.4 is 5.32 Å². The van der Waals surface area contributed by atoms with E-state index in [9.17, 15) is 9.59 Å². The van der Waals surface area contributed by atoms with Gasteiger partial charge in [-0.05, 0) is 32.6 Å². The molecule has 0 bridgehead atoms. The molecule has 0 aromatic heterocycles. The third-order valence-corrected chi connectivity index (χ3v) is 4.12. The molecule has 0 spiro atoms. The van der Waals surface area contributed by atoms with Crippen molar-refractivity contribution in [1.82, 2.24) is 10.2 Å². The maximum atomic E-state index is 12.1. The summed E-state index contributed by atoms with van der Waals surface area (Å²) in [6.45, 7) is 3.51. The van der Waals surface area contributed by atoms with Crippen LogP contribution in [0.1, 0.15) is 39.0 Å². The normalized spacial score (nSPS) is 36.7. The van der Waals surface area contributed by atoms with Crippen LogP contribution in [0.3, 0.4) is 0 Å². The van der Waals surface area contributed by atoms with Gasteiger partial charge in [-0.15, -0.1) is 0 Å². The van der Waals surface area contributed by atoms with Crippen LogP contribution in [-0.4, -0.2) is 47.6 Å². The molecule has 2 heterocycles. The fraction of sp³-hybridized carbons (Fsp3) is 0.846. The van der Waals surface area contributed by atoms with E-state index in [1.54, 1.807) is 0 Å². The first-order valence-electron chi connectivity index (χ1n) is 6.82.